The van der Waals surface area contributed by atoms with Crippen LogP contribution in [-0.2, 0) is 19.9 Å². The monoisotopic (exact) mass is 241 g/mol. The van der Waals surface area contributed by atoms with Gasteiger partial charge in [-0.15, -0.1) is 0 Å². The van der Waals surface area contributed by atoms with Crippen molar-refractivity contribution in [2.24, 2.45) is 7.05 Å². The van der Waals surface area contributed by atoms with Crippen molar-refractivity contribution in [1.29, 1.82) is 0 Å². The fourth-order valence-electron chi connectivity index (χ4n) is 1.93. The van der Waals surface area contributed by atoms with Crippen molar-refractivity contribution >= 4 is 0 Å². The molecule has 0 aliphatic carbocycles. The summed E-state index contributed by atoms with van der Waals surface area (Å²) in [6, 6.07) is 15.0. The number of hydrogen-bond acceptors (Lipinski definition) is 1. The van der Waals surface area contributed by atoms with Gasteiger partial charge in [-0.1, -0.05) is 30.3 Å². The molecule has 0 saturated carbocycles. The highest BCUT2D eigenvalue weighted by molar-refractivity contribution is 5.14. The van der Waals surface area contributed by atoms with Gasteiger partial charge in [-0.05, 0) is 37.1 Å². The lowest BCUT2D eigenvalue weighted by Gasteiger charge is -2.04. The highest BCUT2D eigenvalue weighted by Gasteiger charge is 1.96. The summed E-state index contributed by atoms with van der Waals surface area (Å²) < 4.78 is 2.06. The van der Waals surface area contributed by atoms with Gasteiger partial charge in [0.15, 0.2) is 12.4 Å². The van der Waals surface area contributed by atoms with Gasteiger partial charge in [-0.25, -0.2) is 4.57 Å². The number of pyridine rings is 1. The number of aromatic nitrogens is 1. The molecule has 2 nitrogen and oxygen atoms in total. The first-order chi connectivity index (χ1) is 8.84. The molecule has 0 fully saturated rings. The fraction of sp³-hybridized carbons (Fsp3) is 0.312. The maximum absolute atomic E-state index is 3.49. The van der Waals surface area contributed by atoms with Crippen LogP contribution >= 0.6 is 0 Å². The number of benzene rings is 1. The first-order valence-corrected chi connectivity index (χ1v) is 6.53. The van der Waals surface area contributed by atoms with Crippen LogP contribution in [0, 0.1) is 0 Å². The SMILES string of the molecule is C[n+]1ccc(CCNCCc2ccccc2)cc1. The van der Waals surface area contributed by atoms with Gasteiger partial charge in [0.1, 0.15) is 7.05 Å². The quantitative estimate of drug-likeness (QED) is 0.603. The van der Waals surface area contributed by atoms with Gasteiger partial charge >= 0.3 is 0 Å². The molecule has 1 aromatic carbocycles. The summed E-state index contributed by atoms with van der Waals surface area (Å²) in [7, 11) is 2.04. The minimum absolute atomic E-state index is 1.04. The van der Waals surface area contributed by atoms with Crippen molar-refractivity contribution < 1.29 is 4.57 Å². The molecule has 0 aliphatic heterocycles. The molecule has 1 aromatic heterocycles. The van der Waals surface area contributed by atoms with Gasteiger partial charge in [0, 0.05) is 12.1 Å². The van der Waals surface area contributed by atoms with Gasteiger partial charge < -0.3 is 5.32 Å². The van der Waals surface area contributed by atoms with E-state index < -0.39 is 0 Å². The Morgan fingerprint density at radius 2 is 1.39 bits per heavy atom. The van der Waals surface area contributed by atoms with E-state index in [0.717, 1.165) is 25.9 Å². The number of nitrogens with one attached hydrogen (secondary N) is 1. The van der Waals surface area contributed by atoms with Crippen molar-refractivity contribution in [2.75, 3.05) is 13.1 Å². The lowest BCUT2D eigenvalue weighted by molar-refractivity contribution is -0.671. The molecule has 0 spiro atoms. The predicted octanol–water partition coefficient (Wildman–Crippen LogP) is 1.89. The van der Waals surface area contributed by atoms with E-state index in [4.69, 9.17) is 0 Å². The summed E-state index contributed by atoms with van der Waals surface area (Å²) in [4.78, 5) is 0. The Kier molecular flexibility index (Phi) is 4.91. The van der Waals surface area contributed by atoms with Gasteiger partial charge in [0.05, 0.1) is 0 Å². The Morgan fingerprint density at radius 1 is 0.833 bits per heavy atom. The van der Waals surface area contributed by atoms with E-state index in [1.807, 2.05) is 7.05 Å². The molecule has 0 amide bonds. The molecule has 2 rings (SSSR count). The first-order valence-electron chi connectivity index (χ1n) is 6.53. The molecule has 2 aromatic rings. The van der Waals surface area contributed by atoms with Crippen LogP contribution in [0.1, 0.15) is 11.1 Å². The second kappa shape index (κ2) is 6.92. The Bertz CT molecular complexity index is 448. The highest BCUT2D eigenvalue weighted by Crippen LogP contribution is 1.98. The van der Waals surface area contributed by atoms with E-state index in [1.165, 1.54) is 11.1 Å². The zero-order valence-corrected chi connectivity index (χ0v) is 11.0. The van der Waals surface area contributed by atoms with E-state index >= 15 is 0 Å². The van der Waals surface area contributed by atoms with Crippen LogP contribution in [0.2, 0.25) is 0 Å². The Labute approximate surface area is 109 Å². The van der Waals surface area contributed by atoms with Gasteiger partial charge in [-0.2, -0.15) is 0 Å². The molecular weight excluding hydrogens is 220 g/mol. The van der Waals surface area contributed by atoms with Crippen LogP contribution in [-0.4, -0.2) is 13.1 Å². The van der Waals surface area contributed by atoms with E-state index in [1.54, 1.807) is 0 Å². The van der Waals surface area contributed by atoms with Crippen molar-refractivity contribution in [3.63, 3.8) is 0 Å². The minimum Gasteiger partial charge on any atom is -0.316 e. The first kappa shape index (κ1) is 12.8. The number of hydrogen-bond donors (Lipinski definition) is 1. The molecule has 1 heterocycles. The van der Waals surface area contributed by atoms with Gasteiger partial charge in [-0.3, -0.25) is 0 Å². The minimum atomic E-state index is 1.04. The molecule has 0 aliphatic rings. The standard InChI is InChI=1S/C16H21N2/c1-18-13-9-16(10-14-18)8-12-17-11-7-15-5-3-2-4-6-15/h2-6,9-10,13-14,17H,7-8,11-12H2,1H3/q+1. The summed E-state index contributed by atoms with van der Waals surface area (Å²) in [5, 5.41) is 3.49. The summed E-state index contributed by atoms with van der Waals surface area (Å²) in [5.74, 6) is 0. The molecule has 94 valence electrons. The van der Waals surface area contributed by atoms with E-state index in [2.05, 4.69) is 64.7 Å². The largest absolute Gasteiger partial charge is 0.316 e. The summed E-state index contributed by atoms with van der Waals surface area (Å²) >= 11 is 0. The van der Waals surface area contributed by atoms with Crippen LogP contribution < -0.4 is 9.88 Å². The van der Waals surface area contributed by atoms with E-state index in [9.17, 15) is 0 Å². The smallest absolute Gasteiger partial charge is 0.168 e. The summed E-state index contributed by atoms with van der Waals surface area (Å²) in [6.07, 6.45) is 6.39. The van der Waals surface area contributed by atoms with Crippen molar-refractivity contribution in [3.05, 3.63) is 66.0 Å². The zero-order chi connectivity index (χ0) is 12.6. The fourth-order valence-corrected chi connectivity index (χ4v) is 1.93. The predicted molar refractivity (Wildman–Crippen MR) is 74.3 cm³/mol. The Hall–Kier alpha value is -1.67. The van der Waals surface area contributed by atoms with E-state index in [0.29, 0.717) is 0 Å². The average molecular weight is 241 g/mol. The molecule has 0 bridgehead atoms. The zero-order valence-electron chi connectivity index (χ0n) is 11.0. The molecule has 0 saturated heterocycles. The van der Waals surface area contributed by atoms with Crippen molar-refractivity contribution in [1.82, 2.24) is 5.32 Å². The van der Waals surface area contributed by atoms with Crippen molar-refractivity contribution in [2.45, 2.75) is 12.8 Å². The van der Waals surface area contributed by atoms with Crippen LogP contribution in [0.5, 0.6) is 0 Å². The maximum Gasteiger partial charge on any atom is 0.168 e. The van der Waals surface area contributed by atoms with Gasteiger partial charge in [0.25, 0.3) is 0 Å². The van der Waals surface area contributed by atoms with Crippen LogP contribution in [0.4, 0.5) is 0 Å². The third-order valence-corrected chi connectivity index (χ3v) is 3.07. The lowest BCUT2D eigenvalue weighted by Crippen LogP contribution is -2.26. The molecule has 0 unspecified atom stereocenters. The molecule has 2 heteroatoms. The highest BCUT2D eigenvalue weighted by atomic mass is 14.9. The third kappa shape index (κ3) is 4.30. The van der Waals surface area contributed by atoms with Crippen LogP contribution in [0.15, 0.2) is 54.9 Å². The second-order valence-corrected chi connectivity index (χ2v) is 4.61. The maximum atomic E-state index is 3.49. The normalized spacial score (nSPS) is 10.5. The lowest BCUT2D eigenvalue weighted by atomic mass is 10.1. The van der Waals surface area contributed by atoms with Gasteiger partial charge in [0.2, 0.25) is 0 Å². The number of aryl methyl sites for hydroxylation is 1. The Morgan fingerprint density at radius 3 is 2.00 bits per heavy atom. The second-order valence-electron chi connectivity index (χ2n) is 4.61. The Balaban J connectivity index is 1.63. The molecule has 0 atom stereocenters. The van der Waals surface area contributed by atoms with Crippen LogP contribution in [0.25, 0.3) is 0 Å². The molecule has 0 radical (unpaired) electrons. The average Bonchev–Trinajstić information content (AvgIpc) is 2.42. The topological polar surface area (TPSA) is 15.9 Å². The molecule has 18 heavy (non-hydrogen) atoms. The molecular formula is C16H21N2+. The number of nitrogens with zero attached hydrogens (tertiary/aromatic N) is 1. The van der Waals surface area contributed by atoms with E-state index in [-0.39, 0.29) is 0 Å². The summed E-state index contributed by atoms with van der Waals surface area (Å²) in [5.41, 5.74) is 2.79. The molecule has 1 N–H and O–H groups in total. The van der Waals surface area contributed by atoms with Crippen LogP contribution in [0.3, 0.4) is 0 Å². The van der Waals surface area contributed by atoms with Crippen molar-refractivity contribution in [3.8, 4) is 0 Å². The number of rotatable bonds is 6. The summed E-state index contributed by atoms with van der Waals surface area (Å²) in [6.45, 7) is 2.09. The third-order valence-electron chi connectivity index (χ3n) is 3.07.